The zero-order chi connectivity index (χ0) is 17.9. The van der Waals surface area contributed by atoms with Crippen molar-refractivity contribution in [3.8, 4) is 5.75 Å². The van der Waals surface area contributed by atoms with Crippen LogP contribution in [0, 0.1) is 0 Å². The topological polar surface area (TPSA) is 53.1 Å². The summed E-state index contributed by atoms with van der Waals surface area (Å²) in [7, 11) is 1.68. The monoisotopic (exact) mass is 343 g/mol. The molecule has 4 heteroatoms. The summed E-state index contributed by atoms with van der Waals surface area (Å²) in [5.41, 5.74) is 8.87. The number of imidazole rings is 1. The molecule has 1 aromatic heterocycles. The van der Waals surface area contributed by atoms with Crippen molar-refractivity contribution in [2.75, 3.05) is 7.11 Å². The molecule has 0 bridgehead atoms. The maximum Gasteiger partial charge on any atom is 0.130 e. The minimum atomic E-state index is -0.380. The lowest BCUT2D eigenvalue weighted by Crippen LogP contribution is -2.19. The third-order valence-electron chi connectivity index (χ3n) is 4.68. The van der Waals surface area contributed by atoms with E-state index < -0.39 is 0 Å². The quantitative estimate of drug-likeness (QED) is 0.592. The van der Waals surface area contributed by atoms with Crippen LogP contribution in [0.4, 0.5) is 0 Å². The standard InChI is InChI=1S/C22H21N3O/c1-26-19-12-11-17-9-5-6-10-18(17)20(19)21(23)22-24-13-14-25(22)15-16-7-3-2-4-8-16/h2-14,21H,15,23H2,1H3. The lowest BCUT2D eigenvalue weighted by atomic mass is 9.97. The predicted octanol–water partition coefficient (Wildman–Crippen LogP) is 4.14. The van der Waals surface area contributed by atoms with Crippen molar-refractivity contribution in [1.29, 1.82) is 0 Å². The van der Waals surface area contributed by atoms with E-state index in [-0.39, 0.29) is 6.04 Å². The molecule has 0 saturated carbocycles. The molecule has 4 aromatic rings. The molecule has 3 aromatic carbocycles. The maximum atomic E-state index is 6.69. The van der Waals surface area contributed by atoms with Crippen molar-refractivity contribution in [2.24, 2.45) is 5.73 Å². The van der Waals surface area contributed by atoms with Crippen molar-refractivity contribution in [1.82, 2.24) is 9.55 Å². The Bertz CT molecular complexity index is 1020. The number of nitrogens with zero attached hydrogens (tertiary/aromatic N) is 2. The second-order valence-electron chi connectivity index (χ2n) is 6.28. The summed E-state index contributed by atoms with van der Waals surface area (Å²) >= 11 is 0. The van der Waals surface area contributed by atoms with E-state index in [0.29, 0.717) is 0 Å². The number of fused-ring (bicyclic) bond motifs is 1. The van der Waals surface area contributed by atoms with Crippen LogP contribution in [0.1, 0.15) is 23.0 Å². The predicted molar refractivity (Wildman–Crippen MR) is 104 cm³/mol. The Hall–Kier alpha value is -3.11. The van der Waals surface area contributed by atoms with Gasteiger partial charge in [0.05, 0.1) is 13.2 Å². The number of ether oxygens (including phenoxy) is 1. The average Bonchev–Trinajstić information content (AvgIpc) is 3.15. The summed E-state index contributed by atoms with van der Waals surface area (Å²) in [5, 5.41) is 2.23. The molecule has 0 aliphatic rings. The van der Waals surface area contributed by atoms with Gasteiger partial charge < -0.3 is 15.0 Å². The molecule has 0 radical (unpaired) electrons. The van der Waals surface area contributed by atoms with E-state index in [4.69, 9.17) is 10.5 Å². The van der Waals surface area contributed by atoms with Gasteiger partial charge in [0.1, 0.15) is 11.6 Å². The number of hydrogen-bond acceptors (Lipinski definition) is 3. The molecule has 130 valence electrons. The molecular weight excluding hydrogens is 322 g/mol. The van der Waals surface area contributed by atoms with Gasteiger partial charge in [-0.05, 0) is 22.4 Å². The molecule has 0 aliphatic heterocycles. The highest BCUT2D eigenvalue weighted by Crippen LogP contribution is 2.34. The molecule has 0 fully saturated rings. The SMILES string of the molecule is COc1ccc2ccccc2c1C(N)c1nccn1Cc1ccccc1. The molecule has 0 spiro atoms. The number of rotatable bonds is 5. The van der Waals surface area contributed by atoms with Gasteiger partial charge in [-0.1, -0.05) is 60.7 Å². The molecule has 0 saturated heterocycles. The maximum absolute atomic E-state index is 6.69. The second-order valence-corrected chi connectivity index (χ2v) is 6.28. The van der Waals surface area contributed by atoms with E-state index in [1.165, 1.54) is 5.56 Å². The van der Waals surface area contributed by atoms with Gasteiger partial charge in [-0.15, -0.1) is 0 Å². The minimum absolute atomic E-state index is 0.380. The van der Waals surface area contributed by atoms with Gasteiger partial charge in [-0.25, -0.2) is 4.98 Å². The first-order valence-electron chi connectivity index (χ1n) is 8.64. The number of aromatic nitrogens is 2. The molecule has 0 amide bonds. The Morgan fingerprint density at radius 3 is 2.58 bits per heavy atom. The van der Waals surface area contributed by atoms with Crippen molar-refractivity contribution in [2.45, 2.75) is 12.6 Å². The Morgan fingerprint density at radius 1 is 1.00 bits per heavy atom. The van der Waals surface area contributed by atoms with E-state index in [9.17, 15) is 0 Å². The zero-order valence-corrected chi connectivity index (χ0v) is 14.7. The van der Waals surface area contributed by atoms with Gasteiger partial charge in [0.25, 0.3) is 0 Å². The summed E-state index contributed by atoms with van der Waals surface area (Å²) in [5.74, 6) is 1.61. The first kappa shape index (κ1) is 16.4. The van der Waals surface area contributed by atoms with Crippen LogP contribution in [-0.4, -0.2) is 16.7 Å². The first-order valence-corrected chi connectivity index (χ1v) is 8.64. The highest BCUT2D eigenvalue weighted by atomic mass is 16.5. The number of nitrogens with two attached hydrogens (primary N) is 1. The van der Waals surface area contributed by atoms with Crippen molar-refractivity contribution in [3.05, 3.63) is 96.1 Å². The molecule has 4 nitrogen and oxygen atoms in total. The van der Waals surface area contributed by atoms with Crippen LogP contribution in [0.15, 0.2) is 79.1 Å². The van der Waals surface area contributed by atoms with Crippen LogP contribution in [0.3, 0.4) is 0 Å². The minimum Gasteiger partial charge on any atom is -0.496 e. The summed E-state index contributed by atoms with van der Waals surface area (Å²) in [4.78, 5) is 4.55. The molecule has 1 atom stereocenters. The Kier molecular flexibility index (Phi) is 4.42. The largest absolute Gasteiger partial charge is 0.496 e. The molecule has 1 unspecified atom stereocenters. The number of benzene rings is 3. The summed E-state index contributed by atoms with van der Waals surface area (Å²) in [6, 6.07) is 22.2. The van der Waals surface area contributed by atoms with Gasteiger partial charge >= 0.3 is 0 Å². The van der Waals surface area contributed by atoms with E-state index >= 15 is 0 Å². The van der Waals surface area contributed by atoms with E-state index in [1.54, 1.807) is 13.3 Å². The third kappa shape index (κ3) is 2.95. The Morgan fingerprint density at radius 2 is 1.77 bits per heavy atom. The van der Waals surface area contributed by atoms with Gasteiger partial charge in [-0.2, -0.15) is 0 Å². The van der Waals surface area contributed by atoms with Crippen molar-refractivity contribution >= 4 is 10.8 Å². The van der Waals surface area contributed by atoms with Crippen LogP contribution in [0.5, 0.6) is 5.75 Å². The van der Waals surface area contributed by atoms with E-state index in [1.807, 2.05) is 42.6 Å². The fourth-order valence-electron chi connectivity index (χ4n) is 3.42. The van der Waals surface area contributed by atoms with Gasteiger partial charge in [-0.3, -0.25) is 0 Å². The molecule has 1 heterocycles. The van der Waals surface area contributed by atoms with Crippen molar-refractivity contribution in [3.63, 3.8) is 0 Å². The first-order chi connectivity index (χ1) is 12.8. The Labute approximate surface area is 152 Å². The summed E-state index contributed by atoms with van der Waals surface area (Å²) < 4.78 is 7.71. The molecule has 2 N–H and O–H groups in total. The normalized spacial score (nSPS) is 12.2. The fraction of sp³-hybridized carbons (Fsp3) is 0.136. The fourth-order valence-corrected chi connectivity index (χ4v) is 3.42. The molecule has 4 rings (SSSR count). The molecule has 26 heavy (non-hydrogen) atoms. The van der Waals surface area contributed by atoms with Crippen LogP contribution in [0.25, 0.3) is 10.8 Å². The van der Waals surface area contributed by atoms with Crippen LogP contribution in [0.2, 0.25) is 0 Å². The lowest BCUT2D eigenvalue weighted by molar-refractivity contribution is 0.408. The van der Waals surface area contributed by atoms with Gasteiger partial charge in [0.15, 0.2) is 0 Å². The Balaban J connectivity index is 1.79. The van der Waals surface area contributed by atoms with Crippen LogP contribution < -0.4 is 10.5 Å². The van der Waals surface area contributed by atoms with Gasteiger partial charge in [0, 0.05) is 24.5 Å². The summed E-state index contributed by atoms with van der Waals surface area (Å²) in [6.45, 7) is 0.733. The van der Waals surface area contributed by atoms with Gasteiger partial charge in [0.2, 0.25) is 0 Å². The zero-order valence-electron chi connectivity index (χ0n) is 14.7. The lowest BCUT2D eigenvalue weighted by Gasteiger charge is -2.19. The second kappa shape index (κ2) is 7.02. The highest BCUT2D eigenvalue weighted by molar-refractivity contribution is 5.88. The summed E-state index contributed by atoms with van der Waals surface area (Å²) in [6.07, 6.45) is 3.77. The van der Waals surface area contributed by atoms with Crippen molar-refractivity contribution < 1.29 is 4.74 Å². The van der Waals surface area contributed by atoms with E-state index in [2.05, 4.69) is 39.9 Å². The van der Waals surface area contributed by atoms with E-state index in [0.717, 1.165) is 34.5 Å². The number of methoxy groups -OCH3 is 1. The third-order valence-corrected chi connectivity index (χ3v) is 4.68. The highest BCUT2D eigenvalue weighted by Gasteiger charge is 2.21. The number of hydrogen-bond donors (Lipinski definition) is 1. The average molecular weight is 343 g/mol. The molecule has 0 aliphatic carbocycles. The van der Waals surface area contributed by atoms with Crippen LogP contribution in [-0.2, 0) is 6.54 Å². The van der Waals surface area contributed by atoms with Crippen LogP contribution >= 0.6 is 0 Å². The smallest absolute Gasteiger partial charge is 0.130 e. The molecular formula is C22H21N3O.